The molecule has 4 heterocycles. The van der Waals surface area contributed by atoms with Crippen LogP contribution in [0.2, 0.25) is 0 Å². The van der Waals surface area contributed by atoms with Crippen molar-refractivity contribution in [3.05, 3.63) is 83.7 Å². The van der Waals surface area contributed by atoms with Crippen molar-refractivity contribution in [2.45, 2.75) is 114 Å². The maximum Gasteiger partial charge on any atom is 0.246 e. The summed E-state index contributed by atoms with van der Waals surface area (Å²) in [5, 5.41) is 17.9. The number of fused-ring (bicyclic) bond motifs is 1. The molecule has 0 unspecified atom stereocenters. The van der Waals surface area contributed by atoms with Crippen LogP contribution in [-0.4, -0.2) is 130 Å². The predicted molar refractivity (Wildman–Crippen MR) is 265 cm³/mol. The van der Waals surface area contributed by atoms with Crippen molar-refractivity contribution in [2.75, 3.05) is 24.6 Å². The number of nitrogens with zero attached hydrogens (tertiary/aromatic N) is 3. The van der Waals surface area contributed by atoms with E-state index in [0.717, 1.165) is 29.3 Å². The Balaban J connectivity index is 1.38. The molecule has 0 spiro atoms. The number of carbonyl (C=O) groups is 7. The van der Waals surface area contributed by atoms with E-state index in [0.29, 0.717) is 30.0 Å². The van der Waals surface area contributed by atoms with Crippen molar-refractivity contribution in [1.29, 1.82) is 0 Å². The first-order valence-electron chi connectivity index (χ1n) is 23.0. The van der Waals surface area contributed by atoms with Crippen LogP contribution in [0.25, 0.3) is 10.9 Å². The number of rotatable bonds is 12. The van der Waals surface area contributed by atoms with Crippen LogP contribution >= 0.6 is 21.6 Å². The molecular weight excluding hydrogens is 909 g/mol. The minimum atomic E-state index is -1.27. The summed E-state index contributed by atoms with van der Waals surface area (Å²) in [5.41, 5.74) is 14.0. The van der Waals surface area contributed by atoms with Crippen LogP contribution in [0, 0.1) is 0 Å². The number of nitrogens with one attached hydrogen (secondary N) is 7. The largest absolute Gasteiger partial charge is 0.370 e. The number of carbonyl (C=O) groups excluding carboxylic acids is 7. The fraction of sp³-hybridized carbons (Fsp3) is 0.468. The van der Waals surface area contributed by atoms with Gasteiger partial charge in [-0.2, -0.15) is 0 Å². The predicted octanol–water partition coefficient (Wildman–Crippen LogP) is 1.48. The van der Waals surface area contributed by atoms with E-state index in [1.165, 1.54) is 28.5 Å². The zero-order chi connectivity index (χ0) is 48.6. The summed E-state index contributed by atoms with van der Waals surface area (Å²) in [7, 11) is 2.69. The third kappa shape index (κ3) is 14.8. The fourth-order valence-corrected chi connectivity index (χ4v) is 10.6. The maximum absolute atomic E-state index is 14.7. The zero-order valence-electron chi connectivity index (χ0n) is 38.3. The number of benzene rings is 2. The molecule has 3 aliphatic rings. The average molecular weight is 971 g/mol. The standard InChI is InChI=1S/C47H62N12O7S2/c1-28-11-10-21-59(28)46(66)40-27-68-67-22-18-36(53-29(2)60)42(62)57-39(25-32-14-8-19-50-32)45(65)55-37(23-30-12-4-3-5-13-30)43(63)54-35(17-9-20-51-47(48)49)41(61)56-38(44(64)58-40)24-31-26-52-34-16-7-6-15-33(31)34/h3-7,12-16,19,26,28,35-40,52H,8-11,17-18,20-25,27H2,1-2H3,(H,53,60)(H,54,63)(H,55,65)(H,56,61)(H,57,62)(H,58,64)(H4,48,49,51)/t28-,35+,36+,37-,38+,39+,40+/m1/s1. The van der Waals surface area contributed by atoms with E-state index >= 15 is 0 Å². The molecule has 2 saturated heterocycles. The summed E-state index contributed by atoms with van der Waals surface area (Å²) in [5.74, 6) is -3.72. The van der Waals surface area contributed by atoms with Gasteiger partial charge in [0.15, 0.2) is 5.96 Å². The second kappa shape index (κ2) is 25.1. The third-order valence-electron chi connectivity index (χ3n) is 11.9. The van der Waals surface area contributed by atoms with E-state index in [-0.39, 0.29) is 68.7 Å². The Labute approximate surface area is 403 Å². The Bertz CT molecular complexity index is 2370. The van der Waals surface area contributed by atoms with Crippen molar-refractivity contribution in [1.82, 2.24) is 41.8 Å². The van der Waals surface area contributed by atoms with Crippen molar-refractivity contribution in [3.63, 3.8) is 0 Å². The summed E-state index contributed by atoms with van der Waals surface area (Å²) in [6.45, 7) is 3.91. The van der Waals surface area contributed by atoms with Crippen molar-refractivity contribution in [2.24, 2.45) is 21.5 Å². The molecule has 2 fully saturated rings. The van der Waals surface area contributed by atoms with E-state index in [1.807, 2.05) is 43.3 Å². The van der Waals surface area contributed by atoms with Crippen LogP contribution in [0.5, 0.6) is 0 Å². The number of H-pyrrole nitrogens is 1. The van der Waals surface area contributed by atoms with Gasteiger partial charge >= 0.3 is 0 Å². The van der Waals surface area contributed by atoms with Gasteiger partial charge in [0.05, 0.1) is 0 Å². The number of hydrogen-bond acceptors (Lipinski definition) is 11. The number of amides is 7. The van der Waals surface area contributed by atoms with Gasteiger partial charge in [-0.1, -0.05) is 76.2 Å². The number of nitrogens with two attached hydrogens (primary N) is 2. The molecule has 0 saturated carbocycles. The highest BCUT2D eigenvalue weighted by atomic mass is 33.1. The zero-order valence-corrected chi connectivity index (χ0v) is 40.0. The molecule has 364 valence electrons. The molecular formula is C47H62N12O7S2. The average Bonchev–Trinajstić information content (AvgIpc) is 4.10. The monoisotopic (exact) mass is 970 g/mol. The number of aliphatic imine (C=N–C) groups is 2. The summed E-state index contributed by atoms with van der Waals surface area (Å²) in [6.07, 6.45) is 7.90. The molecule has 0 bridgehead atoms. The van der Waals surface area contributed by atoms with Crippen molar-refractivity contribution in [3.8, 4) is 0 Å². The van der Waals surface area contributed by atoms with E-state index < -0.39 is 71.7 Å². The van der Waals surface area contributed by atoms with E-state index in [4.69, 9.17) is 11.5 Å². The van der Waals surface area contributed by atoms with E-state index in [2.05, 4.69) is 46.9 Å². The summed E-state index contributed by atoms with van der Waals surface area (Å²) < 4.78 is 0. The SMILES string of the molecule is CC(=O)N[C@H]1CCSSC[C@@H](C(=O)N2CCC[C@H]2C)NC(=O)[C@H](Cc2c[nH]c3ccccc23)NC(=O)[C@H](CCCN=C(N)N)NC(=O)[C@@H](Cc2ccccc2)NC(=O)[C@H](CC2=CCC=N2)NC1=O. The Morgan fingerprint density at radius 2 is 1.47 bits per heavy atom. The molecule has 6 rings (SSSR count). The minimum Gasteiger partial charge on any atom is -0.370 e. The normalized spacial score (nSPS) is 24.7. The van der Waals surface area contributed by atoms with Crippen molar-refractivity contribution >= 4 is 86.0 Å². The smallest absolute Gasteiger partial charge is 0.246 e. The van der Waals surface area contributed by atoms with Crippen molar-refractivity contribution < 1.29 is 33.6 Å². The first-order valence-corrected chi connectivity index (χ1v) is 25.4. The van der Waals surface area contributed by atoms with Gasteiger partial charge in [0.25, 0.3) is 0 Å². The third-order valence-corrected chi connectivity index (χ3v) is 14.4. The van der Waals surface area contributed by atoms with Gasteiger partial charge in [0.2, 0.25) is 41.4 Å². The highest BCUT2D eigenvalue weighted by Crippen LogP contribution is 2.27. The lowest BCUT2D eigenvalue weighted by molar-refractivity contribution is -0.137. The lowest BCUT2D eigenvalue weighted by Gasteiger charge is -2.29. The van der Waals surface area contributed by atoms with Gasteiger partial charge in [-0.25, -0.2) is 0 Å². The Morgan fingerprint density at radius 1 is 0.809 bits per heavy atom. The molecule has 2 aromatic carbocycles. The number of hydrogen-bond donors (Lipinski definition) is 9. The number of aromatic nitrogens is 1. The summed E-state index contributed by atoms with van der Waals surface area (Å²) >= 11 is 0. The number of aromatic amines is 1. The topological polar surface area (TPSA) is 287 Å². The van der Waals surface area contributed by atoms with Crippen LogP contribution in [-0.2, 0) is 46.4 Å². The lowest BCUT2D eigenvalue weighted by atomic mass is 10.0. The van der Waals surface area contributed by atoms with Gasteiger partial charge in [-0.15, -0.1) is 0 Å². The van der Waals surface area contributed by atoms with Crippen LogP contribution in [0.3, 0.4) is 0 Å². The van der Waals surface area contributed by atoms with E-state index in [1.54, 1.807) is 41.6 Å². The summed E-state index contributed by atoms with van der Waals surface area (Å²) in [4.78, 5) is 112. The number of guanidine groups is 1. The quantitative estimate of drug-likeness (QED) is 0.0543. The van der Waals surface area contributed by atoms with Crippen LogP contribution in [0.15, 0.2) is 82.6 Å². The van der Waals surface area contributed by atoms with Crippen LogP contribution in [0.4, 0.5) is 0 Å². The Morgan fingerprint density at radius 3 is 2.16 bits per heavy atom. The van der Waals surface area contributed by atoms with Gasteiger partial charge in [0.1, 0.15) is 36.3 Å². The molecule has 0 aliphatic carbocycles. The fourth-order valence-electron chi connectivity index (χ4n) is 8.38. The molecule has 0 radical (unpaired) electrons. The highest BCUT2D eigenvalue weighted by molar-refractivity contribution is 8.76. The lowest BCUT2D eigenvalue weighted by Crippen LogP contribution is -2.60. The maximum atomic E-state index is 14.7. The van der Waals surface area contributed by atoms with Crippen LogP contribution in [0.1, 0.15) is 69.9 Å². The summed E-state index contributed by atoms with van der Waals surface area (Å²) in [6, 6.07) is 9.47. The van der Waals surface area contributed by atoms with Gasteiger partial charge in [0, 0.05) is 92.3 Å². The molecule has 21 heteroatoms. The Hall–Kier alpha value is -6.35. The van der Waals surface area contributed by atoms with Gasteiger partial charge in [-0.05, 0) is 56.2 Å². The Kier molecular flexibility index (Phi) is 18.9. The molecule has 11 N–H and O–H groups in total. The number of para-hydroxylation sites is 1. The molecule has 19 nitrogen and oxygen atoms in total. The molecule has 68 heavy (non-hydrogen) atoms. The first kappa shape index (κ1) is 51.0. The van der Waals surface area contributed by atoms with E-state index in [9.17, 15) is 33.6 Å². The van der Waals surface area contributed by atoms with Crippen LogP contribution < -0.4 is 43.4 Å². The molecule has 3 aromatic rings. The first-order chi connectivity index (χ1) is 32.7. The highest BCUT2D eigenvalue weighted by Gasteiger charge is 2.36. The minimum absolute atomic E-state index is 0.00230. The molecule has 7 atom stereocenters. The second-order valence-corrected chi connectivity index (χ2v) is 19.8. The number of allylic oxidation sites excluding steroid dienone is 1. The molecule has 7 amide bonds. The number of likely N-dealkylation sites (tertiary alicyclic amines) is 1. The van der Waals surface area contributed by atoms with Gasteiger partial charge in [-0.3, -0.25) is 43.5 Å². The molecule has 3 aliphatic heterocycles. The molecule has 1 aromatic heterocycles. The second-order valence-electron chi connectivity index (χ2n) is 17.1. The van der Waals surface area contributed by atoms with Gasteiger partial charge < -0.3 is 53.3 Å².